The van der Waals surface area contributed by atoms with Crippen molar-refractivity contribution in [3.05, 3.63) is 34.9 Å². The zero-order chi connectivity index (χ0) is 25.7. The first-order valence-electron chi connectivity index (χ1n) is 13.3. The van der Waals surface area contributed by atoms with Gasteiger partial charge in [0.15, 0.2) is 0 Å². The summed E-state index contributed by atoms with van der Waals surface area (Å²) in [4.78, 5) is 10.9. The van der Waals surface area contributed by atoms with Crippen LogP contribution in [-0.4, -0.2) is 33.0 Å². The monoisotopic (exact) mass is 474 g/mol. The van der Waals surface area contributed by atoms with E-state index in [1.807, 2.05) is 6.92 Å². The van der Waals surface area contributed by atoms with E-state index in [-0.39, 0.29) is 22.9 Å². The van der Waals surface area contributed by atoms with Gasteiger partial charge in [0.05, 0.1) is 11.7 Å². The molecule has 0 aliphatic heterocycles. The van der Waals surface area contributed by atoms with E-state index in [0.717, 1.165) is 64.2 Å². The summed E-state index contributed by atoms with van der Waals surface area (Å²) in [7, 11) is 0. The van der Waals surface area contributed by atoms with Crippen molar-refractivity contribution in [1.82, 2.24) is 0 Å². The second-order valence-corrected chi connectivity index (χ2v) is 12.3. The lowest BCUT2D eigenvalue weighted by Crippen LogP contribution is -2.60. The van der Waals surface area contributed by atoms with Gasteiger partial charge < -0.3 is 15.3 Å². The van der Waals surface area contributed by atoms with Crippen molar-refractivity contribution in [2.24, 2.45) is 22.7 Å². The summed E-state index contributed by atoms with van der Waals surface area (Å²) < 4.78 is 0. The van der Waals surface area contributed by atoms with Gasteiger partial charge in [0.1, 0.15) is 0 Å². The molecule has 0 spiro atoms. The average Bonchev–Trinajstić information content (AvgIpc) is 2.72. The third kappa shape index (κ3) is 6.85. The number of aliphatic carboxylic acids is 1. The van der Waals surface area contributed by atoms with Crippen molar-refractivity contribution in [3.8, 4) is 0 Å². The lowest BCUT2D eigenvalue weighted by molar-refractivity contribution is -0.195. The van der Waals surface area contributed by atoms with Crippen LogP contribution in [0.1, 0.15) is 113 Å². The molecule has 0 radical (unpaired) electrons. The maximum absolute atomic E-state index is 11.4. The number of fused-ring (bicyclic) bond motifs is 1. The number of rotatable bonds is 10. The van der Waals surface area contributed by atoms with Crippen molar-refractivity contribution < 1.29 is 20.1 Å². The third-order valence-corrected chi connectivity index (χ3v) is 9.30. The van der Waals surface area contributed by atoms with E-state index in [1.165, 1.54) is 11.1 Å². The van der Waals surface area contributed by atoms with Gasteiger partial charge >= 0.3 is 5.97 Å². The molecule has 194 valence electrons. The van der Waals surface area contributed by atoms with Crippen LogP contribution in [0.2, 0.25) is 0 Å². The van der Waals surface area contributed by atoms with Gasteiger partial charge in [-0.25, -0.2) is 4.79 Å². The number of aliphatic hydroxyl groups excluding tert-OH is 1. The summed E-state index contributed by atoms with van der Waals surface area (Å²) in [6.45, 7) is 14.8. The first-order valence-corrected chi connectivity index (χ1v) is 13.3. The Morgan fingerprint density at radius 3 is 2.03 bits per heavy atom. The molecule has 4 heteroatoms. The lowest BCUT2D eigenvalue weighted by atomic mass is 9.44. The average molecular weight is 475 g/mol. The van der Waals surface area contributed by atoms with Gasteiger partial charge in [-0.3, -0.25) is 0 Å². The van der Waals surface area contributed by atoms with E-state index in [4.69, 9.17) is 5.11 Å². The van der Waals surface area contributed by atoms with Crippen LogP contribution in [-0.2, 0) is 4.79 Å². The van der Waals surface area contributed by atoms with E-state index < -0.39 is 11.6 Å². The number of carboxylic acid groups (broad SMARTS) is 1. The Balaban J connectivity index is 1.91. The van der Waals surface area contributed by atoms with Gasteiger partial charge in [0, 0.05) is 5.57 Å². The first kappa shape index (κ1) is 28.8. The molecule has 0 bridgehead atoms. The molecule has 0 amide bonds. The van der Waals surface area contributed by atoms with Gasteiger partial charge in [-0.15, -0.1) is 0 Å². The van der Waals surface area contributed by atoms with Crippen molar-refractivity contribution in [1.29, 1.82) is 0 Å². The van der Waals surface area contributed by atoms with Gasteiger partial charge in [-0.1, -0.05) is 50.1 Å². The summed E-state index contributed by atoms with van der Waals surface area (Å²) in [6, 6.07) is 0. The smallest absolute Gasteiger partial charge is 0.330 e. The molecule has 0 aromatic carbocycles. The molecule has 0 aromatic heterocycles. The second kappa shape index (κ2) is 11.6. The van der Waals surface area contributed by atoms with E-state index in [1.54, 1.807) is 13.0 Å². The zero-order valence-electron chi connectivity index (χ0n) is 22.8. The van der Waals surface area contributed by atoms with Crippen molar-refractivity contribution in [2.45, 2.75) is 124 Å². The van der Waals surface area contributed by atoms with Gasteiger partial charge in [0.2, 0.25) is 0 Å². The number of carboxylic acids is 1. The summed E-state index contributed by atoms with van der Waals surface area (Å²) in [5, 5.41) is 30.9. The quantitative estimate of drug-likeness (QED) is 0.231. The predicted molar refractivity (Wildman–Crippen MR) is 141 cm³/mol. The minimum absolute atomic E-state index is 0.0690. The number of carbonyl (C=O) groups is 1. The predicted octanol–water partition coefficient (Wildman–Crippen LogP) is 7.21. The minimum Gasteiger partial charge on any atom is -0.478 e. The molecule has 5 atom stereocenters. The Kier molecular flexibility index (Phi) is 9.81. The number of hydrogen-bond donors (Lipinski definition) is 3. The fraction of sp³-hybridized carbons (Fsp3) is 0.767. The molecule has 34 heavy (non-hydrogen) atoms. The lowest BCUT2D eigenvalue weighted by Gasteiger charge is -2.62. The maximum Gasteiger partial charge on any atom is 0.330 e. The largest absolute Gasteiger partial charge is 0.478 e. The van der Waals surface area contributed by atoms with Crippen LogP contribution in [0.4, 0.5) is 0 Å². The van der Waals surface area contributed by atoms with Crippen LogP contribution in [0.25, 0.3) is 0 Å². The molecule has 2 aliphatic rings. The second-order valence-electron chi connectivity index (χ2n) is 12.3. The summed E-state index contributed by atoms with van der Waals surface area (Å²) in [5.41, 5.74) is 2.44. The first-order chi connectivity index (χ1) is 15.7. The van der Waals surface area contributed by atoms with E-state index in [9.17, 15) is 15.0 Å². The van der Waals surface area contributed by atoms with Crippen molar-refractivity contribution in [2.75, 3.05) is 0 Å². The minimum atomic E-state index is -0.841. The highest BCUT2D eigenvalue weighted by Gasteiger charge is 2.59. The van der Waals surface area contributed by atoms with Gasteiger partial charge in [0.25, 0.3) is 0 Å². The maximum atomic E-state index is 11.4. The van der Waals surface area contributed by atoms with Crippen LogP contribution in [0, 0.1) is 22.7 Å². The Labute approximate surface area is 208 Å². The molecule has 2 aliphatic carbocycles. The van der Waals surface area contributed by atoms with Gasteiger partial charge in [-0.2, -0.15) is 0 Å². The Morgan fingerprint density at radius 2 is 1.44 bits per heavy atom. The molecule has 2 fully saturated rings. The molecular formula is C30H50O4. The number of allylic oxidation sites excluding steroid dienone is 5. The van der Waals surface area contributed by atoms with E-state index >= 15 is 0 Å². The van der Waals surface area contributed by atoms with Crippen LogP contribution in [0.5, 0.6) is 0 Å². The molecule has 5 unspecified atom stereocenters. The van der Waals surface area contributed by atoms with E-state index in [0.29, 0.717) is 11.5 Å². The molecule has 0 aromatic rings. The Bertz CT molecular complexity index is 801. The molecular weight excluding hydrogens is 424 g/mol. The standard InChI is InChI=1S/C30H50O4/c1-21(13-9-15-23(3)27(32)33)11-8-12-22(2)14-10-16-25-29(6)19-18-26(31)28(4,5)24(29)17-20-30(25,7)34/h11,14-15,24-26,31,34H,8-10,12-13,16-20H2,1-7H3,(H,32,33). The molecule has 2 rings (SSSR count). The third-order valence-electron chi connectivity index (χ3n) is 9.30. The van der Waals surface area contributed by atoms with Crippen LogP contribution < -0.4 is 0 Å². The SMILES string of the molecule is CC(=CCCC(C)=CCCC1C(C)(O)CCC2C(C)(C)C(O)CCC12C)CCC=C(C)C(=O)O. The fourth-order valence-corrected chi connectivity index (χ4v) is 7.01. The molecule has 0 heterocycles. The van der Waals surface area contributed by atoms with Gasteiger partial charge in [-0.05, 0) is 115 Å². The number of aliphatic hydroxyl groups is 2. The Hall–Kier alpha value is -1.39. The summed E-state index contributed by atoms with van der Waals surface area (Å²) >= 11 is 0. The zero-order valence-corrected chi connectivity index (χ0v) is 22.8. The molecule has 2 saturated carbocycles. The van der Waals surface area contributed by atoms with Crippen LogP contribution >= 0.6 is 0 Å². The molecule has 0 saturated heterocycles. The topological polar surface area (TPSA) is 77.8 Å². The Morgan fingerprint density at radius 1 is 0.882 bits per heavy atom. The molecule has 4 nitrogen and oxygen atoms in total. The van der Waals surface area contributed by atoms with Crippen molar-refractivity contribution >= 4 is 5.97 Å². The summed E-state index contributed by atoms with van der Waals surface area (Å²) in [6.07, 6.45) is 15.5. The highest BCUT2D eigenvalue weighted by molar-refractivity contribution is 5.85. The fourth-order valence-electron chi connectivity index (χ4n) is 7.01. The summed E-state index contributed by atoms with van der Waals surface area (Å²) in [5.74, 6) is -0.147. The highest BCUT2D eigenvalue weighted by Crippen LogP contribution is 2.62. The normalized spacial score (nSPS) is 34.6. The van der Waals surface area contributed by atoms with Crippen molar-refractivity contribution in [3.63, 3.8) is 0 Å². The van der Waals surface area contributed by atoms with E-state index in [2.05, 4.69) is 46.8 Å². The van der Waals surface area contributed by atoms with Crippen LogP contribution in [0.3, 0.4) is 0 Å². The highest BCUT2D eigenvalue weighted by atomic mass is 16.4. The molecule has 3 N–H and O–H groups in total. The van der Waals surface area contributed by atoms with Crippen LogP contribution in [0.15, 0.2) is 34.9 Å². The number of hydrogen-bond acceptors (Lipinski definition) is 3.